The van der Waals surface area contributed by atoms with E-state index in [4.69, 9.17) is 4.74 Å². The average molecular weight is 623 g/mol. The van der Waals surface area contributed by atoms with Gasteiger partial charge in [0.1, 0.15) is 11.5 Å². The van der Waals surface area contributed by atoms with E-state index in [-0.39, 0.29) is 0 Å². The SMILES string of the molecule is c1ccc(-c2ccc(-c3ccc(-c4c5ccccc5c(-c5ccc6c7c(cccc57)-c5ccccc5O6)c5ccccc45)cc3)cc2)cc1. The molecule has 10 rings (SSSR count). The van der Waals surface area contributed by atoms with Crippen LogP contribution in [-0.4, -0.2) is 0 Å². The lowest BCUT2D eigenvalue weighted by Gasteiger charge is -2.24. The highest BCUT2D eigenvalue weighted by Crippen LogP contribution is 2.51. The summed E-state index contributed by atoms with van der Waals surface area (Å²) in [5.74, 6) is 1.82. The molecule has 0 saturated carbocycles. The van der Waals surface area contributed by atoms with Gasteiger partial charge < -0.3 is 4.74 Å². The molecule has 0 aliphatic carbocycles. The first-order valence-electron chi connectivity index (χ1n) is 16.8. The van der Waals surface area contributed by atoms with E-state index in [1.807, 2.05) is 6.07 Å². The maximum atomic E-state index is 6.46. The Kier molecular flexibility index (Phi) is 6.25. The normalized spacial score (nSPS) is 11.8. The quantitative estimate of drug-likeness (QED) is 0.177. The standard InChI is InChI=1S/C48H30O/c1-2-11-31(12-3-1)32-21-23-33(24-22-32)34-25-27-35(28-26-34)46-38-14-4-6-16-40(38)47(41-17-7-5-15-39(41)46)43-29-30-45-48-37(18-10-19-42(43)48)36-13-8-9-20-44(36)49-45/h1-30H. The second-order valence-corrected chi connectivity index (χ2v) is 12.8. The summed E-state index contributed by atoms with van der Waals surface area (Å²) in [4.78, 5) is 0. The highest BCUT2D eigenvalue weighted by molar-refractivity contribution is 6.24. The Hall–Kier alpha value is -6.44. The lowest BCUT2D eigenvalue weighted by Crippen LogP contribution is -1.98. The van der Waals surface area contributed by atoms with Crippen LogP contribution in [0.3, 0.4) is 0 Å². The van der Waals surface area contributed by atoms with Crippen LogP contribution < -0.4 is 4.74 Å². The van der Waals surface area contributed by atoms with Crippen LogP contribution in [-0.2, 0) is 0 Å². The van der Waals surface area contributed by atoms with Crippen LogP contribution in [0.2, 0.25) is 0 Å². The van der Waals surface area contributed by atoms with E-state index in [2.05, 4.69) is 176 Å². The number of para-hydroxylation sites is 1. The van der Waals surface area contributed by atoms with Crippen molar-refractivity contribution in [2.75, 3.05) is 0 Å². The summed E-state index contributed by atoms with van der Waals surface area (Å²) >= 11 is 0. The van der Waals surface area contributed by atoms with Crippen molar-refractivity contribution in [3.63, 3.8) is 0 Å². The van der Waals surface area contributed by atoms with Crippen LogP contribution in [0, 0.1) is 0 Å². The zero-order chi connectivity index (χ0) is 32.3. The van der Waals surface area contributed by atoms with Crippen molar-refractivity contribution in [3.8, 4) is 67.1 Å². The minimum Gasteiger partial charge on any atom is -0.456 e. The Morgan fingerprint density at radius 2 is 0.714 bits per heavy atom. The minimum atomic E-state index is 0.908. The summed E-state index contributed by atoms with van der Waals surface area (Å²) in [6.45, 7) is 0. The molecule has 0 N–H and O–H groups in total. The summed E-state index contributed by atoms with van der Waals surface area (Å²) in [6.07, 6.45) is 0. The van der Waals surface area contributed by atoms with Gasteiger partial charge in [-0.2, -0.15) is 0 Å². The first-order chi connectivity index (χ1) is 24.3. The maximum absolute atomic E-state index is 6.46. The second-order valence-electron chi connectivity index (χ2n) is 12.8. The molecule has 0 radical (unpaired) electrons. The Morgan fingerprint density at radius 1 is 0.245 bits per heavy atom. The van der Waals surface area contributed by atoms with Crippen molar-refractivity contribution in [2.45, 2.75) is 0 Å². The summed E-state index contributed by atoms with van der Waals surface area (Å²) in [5.41, 5.74) is 12.2. The molecule has 0 amide bonds. The second kappa shape index (κ2) is 11.1. The average Bonchev–Trinajstić information content (AvgIpc) is 3.18. The molecule has 0 spiro atoms. The predicted octanol–water partition coefficient (Wildman–Crippen LogP) is 13.6. The molecule has 1 nitrogen and oxygen atoms in total. The van der Waals surface area contributed by atoms with Crippen molar-refractivity contribution in [1.82, 2.24) is 0 Å². The van der Waals surface area contributed by atoms with Gasteiger partial charge in [0.2, 0.25) is 0 Å². The van der Waals surface area contributed by atoms with Gasteiger partial charge in [-0.15, -0.1) is 0 Å². The molecule has 9 aromatic rings. The van der Waals surface area contributed by atoms with Crippen molar-refractivity contribution in [1.29, 1.82) is 0 Å². The first-order valence-corrected chi connectivity index (χ1v) is 16.8. The fraction of sp³-hybridized carbons (Fsp3) is 0. The number of benzene rings is 9. The highest BCUT2D eigenvalue weighted by Gasteiger charge is 2.23. The fourth-order valence-electron chi connectivity index (χ4n) is 7.84. The molecule has 0 bridgehead atoms. The minimum absolute atomic E-state index is 0.908. The summed E-state index contributed by atoms with van der Waals surface area (Å²) in [7, 11) is 0. The predicted molar refractivity (Wildman–Crippen MR) is 206 cm³/mol. The summed E-state index contributed by atoms with van der Waals surface area (Å²) in [5, 5.41) is 7.36. The molecule has 0 aromatic heterocycles. The molecule has 0 unspecified atom stereocenters. The topological polar surface area (TPSA) is 9.23 Å². The van der Waals surface area contributed by atoms with Gasteiger partial charge in [0.05, 0.1) is 0 Å². The van der Waals surface area contributed by atoms with Crippen molar-refractivity contribution in [2.24, 2.45) is 0 Å². The number of hydrogen-bond donors (Lipinski definition) is 0. The molecule has 228 valence electrons. The lowest BCUT2D eigenvalue weighted by atomic mass is 9.83. The molecule has 0 fully saturated rings. The molecular formula is C48H30O. The largest absolute Gasteiger partial charge is 0.456 e. The van der Waals surface area contributed by atoms with E-state index in [9.17, 15) is 0 Å². The van der Waals surface area contributed by atoms with Crippen molar-refractivity contribution in [3.05, 3.63) is 182 Å². The molecular weight excluding hydrogens is 593 g/mol. The number of rotatable bonds is 4. The smallest absolute Gasteiger partial charge is 0.135 e. The molecule has 1 heteroatoms. The van der Waals surface area contributed by atoms with Crippen molar-refractivity contribution >= 4 is 32.3 Å². The maximum Gasteiger partial charge on any atom is 0.135 e. The van der Waals surface area contributed by atoms with Gasteiger partial charge >= 0.3 is 0 Å². The number of ether oxygens (including phenoxy) is 1. The number of fused-ring (bicyclic) bond motifs is 4. The number of hydrogen-bond acceptors (Lipinski definition) is 1. The zero-order valence-electron chi connectivity index (χ0n) is 26.7. The van der Waals surface area contributed by atoms with Crippen LogP contribution in [0.15, 0.2) is 182 Å². The van der Waals surface area contributed by atoms with Gasteiger partial charge in [0, 0.05) is 10.9 Å². The van der Waals surface area contributed by atoms with E-state index >= 15 is 0 Å². The first kappa shape index (κ1) is 27.7. The van der Waals surface area contributed by atoms with E-state index < -0.39 is 0 Å². The van der Waals surface area contributed by atoms with Crippen LogP contribution in [0.25, 0.3) is 88.0 Å². The lowest BCUT2D eigenvalue weighted by molar-refractivity contribution is 0.487. The Balaban J connectivity index is 1.14. The Labute approximate surface area is 285 Å². The molecule has 9 aromatic carbocycles. The van der Waals surface area contributed by atoms with Gasteiger partial charge in [-0.05, 0) is 95.2 Å². The summed E-state index contributed by atoms with van der Waals surface area (Å²) < 4.78 is 6.46. The van der Waals surface area contributed by atoms with Gasteiger partial charge in [0.15, 0.2) is 0 Å². The fourth-order valence-corrected chi connectivity index (χ4v) is 7.84. The van der Waals surface area contributed by atoms with Gasteiger partial charge in [-0.25, -0.2) is 0 Å². The Morgan fingerprint density at radius 3 is 1.35 bits per heavy atom. The van der Waals surface area contributed by atoms with E-state index in [0.29, 0.717) is 0 Å². The van der Waals surface area contributed by atoms with E-state index in [1.165, 1.54) is 82.4 Å². The summed E-state index contributed by atoms with van der Waals surface area (Å²) in [6, 6.07) is 65.7. The third-order valence-electron chi connectivity index (χ3n) is 10.1. The van der Waals surface area contributed by atoms with E-state index in [0.717, 1.165) is 17.1 Å². The van der Waals surface area contributed by atoms with Crippen LogP contribution >= 0.6 is 0 Å². The third-order valence-corrected chi connectivity index (χ3v) is 10.1. The van der Waals surface area contributed by atoms with Gasteiger partial charge in [0.25, 0.3) is 0 Å². The highest BCUT2D eigenvalue weighted by atomic mass is 16.5. The third kappa shape index (κ3) is 4.40. The molecule has 49 heavy (non-hydrogen) atoms. The monoisotopic (exact) mass is 622 g/mol. The van der Waals surface area contributed by atoms with Crippen LogP contribution in [0.1, 0.15) is 0 Å². The van der Waals surface area contributed by atoms with Crippen LogP contribution in [0.4, 0.5) is 0 Å². The van der Waals surface area contributed by atoms with E-state index in [1.54, 1.807) is 0 Å². The molecule has 1 heterocycles. The zero-order valence-corrected chi connectivity index (χ0v) is 26.7. The molecule has 1 aliphatic rings. The van der Waals surface area contributed by atoms with Gasteiger partial charge in [-0.3, -0.25) is 0 Å². The molecule has 0 saturated heterocycles. The Bertz CT molecular complexity index is 2650. The van der Waals surface area contributed by atoms with Gasteiger partial charge in [-0.1, -0.05) is 164 Å². The molecule has 1 aliphatic heterocycles. The molecule has 0 atom stereocenters. The van der Waals surface area contributed by atoms with Crippen LogP contribution in [0.5, 0.6) is 11.5 Å². The van der Waals surface area contributed by atoms with Crippen molar-refractivity contribution < 1.29 is 4.74 Å².